The number of aryl methyl sites for hydroxylation is 1. The van der Waals surface area contributed by atoms with Crippen LogP contribution in [0.1, 0.15) is 29.6 Å². The maximum absolute atomic E-state index is 3.61. The summed E-state index contributed by atoms with van der Waals surface area (Å²) in [6, 6.07) is 5.39. The van der Waals surface area contributed by atoms with Crippen LogP contribution in [0.3, 0.4) is 0 Å². The summed E-state index contributed by atoms with van der Waals surface area (Å²) in [4.78, 5) is 5.03. The summed E-state index contributed by atoms with van der Waals surface area (Å²) < 4.78 is 0. The van der Waals surface area contributed by atoms with Gasteiger partial charge in [-0.2, -0.15) is 0 Å². The number of nitrogens with zero attached hydrogens (tertiary/aromatic N) is 1. The Labute approximate surface area is 97.3 Å². The average Bonchev–Trinajstić information content (AvgIpc) is 2.49. The Morgan fingerprint density at radius 3 is 2.47 bits per heavy atom. The van der Waals surface area contributed by atoms with Crippen molar-refractivity contribution in [2.75, 3.05) is 20.6 Å². The number of nitrogens with one attached hydrogen (secondary N) is 1. The van der Waals surface area contributed by atoms with Crippen molar-refractivity contribution in [2.24, 2.45) is 0 Å². The van der Waals surface area contributed by atoms with Gasteiger partial charge in [-0.3, -0.25) is 0 Å². The second kappa shape index (κ2) is 5.64. The first-order valence-electron chi connectivity index (χ1n) is 5.46. The number of hydrogen-bond acceptors (Lipinski definition) is 3. The molecule has 0 spiro atoms. The minimum atomic E-state index is 0.457. The Bertz CT molecular complexity index is 294. The highest BCUT2D eigenvalue weighted by molar-refractivity contribution is 7.12. The van der Waals surface area contributed by atoms with E-state index in [1.54, 1.807) is 0 Å². The summed E-state index contributed by atoms with van der Waals surface area (Å²) in [7, 11) is 4.22. The van der Waals surface area contributed by atoms with Crippen LogP contribution in [0.15, 0.2) is 12.1 Å². The van der Waals surface area contributed by atoms with Crippen molar-refractivity contribution in [3.8, 4) is 0 Å². The number of hydrogen-bond donors (Lipinski definition) is 1. The molecule has 1 N–H and O–H groups in total. The van der Waals surface area contributed by atoms with E-state index in [1.165, 1.54) is 9.75 Å². The van der Waals surface area contributed by atoms with Crippen LogP contribution in [0.5, 0.6) is 0 Å². The molecule has 0 aliphatic heterocycles. The van der Waals surface area contributed by atoms with Gasteiger partial charge in [0.2, 0.25) is 0 Å². The SMILES string of the molecule is Cc1ccc(C(C)NC(C)CN(C)C)s1. The molecular formula is C12H22N2S. The molecule has 0 saturated heterocycles. The number of rotatable bonds is 5. The standard InChI is InChI=1S/C12H22N2S/c1-9(8-14(4)5)13-11(3)12-7-6-10(2)15-12/h6-7,9,11,13H,8H2,1-5H3. The second-order valence-electron chi connectivity index (χ2n) is 4.50. The maximum atomic E-state index is 3.61. The maximum Gasteiger partial charge on any atom is 0.0388 e. The Morgan fingerprint density at radius 2 is 2.00 bits per heavy atom. The average molecular weight is 226 g/mol. The van der Waals surface area contributed by atoms with Crippen molar-refractivity contribution < 1.29 is 0 Å². The van der Waals surface area contributed by atoms with Crippen molar-refractivity contribution in [2.45, 2.75) is 32.9 Å². The Kier molecular flexibility index (Phi) is 4.77. The van der Waals surface area contributed by atoms with Crippen LogP contribution >= 0.6 is 11.3 Å². The molecule has 0 aliphatic carbocycles. The minimum absolute atomic E-state index is 0.457. The first kappa shape index (κ1) is 12.7. The molecule has 1 aromatic heterocycles. The van der Waals surface area contributed by atoms with Crippen LogP contribution in [-0.4, -0.2) is 31.6 Å². The summed E-state index contributed by atoms with van der Waals surface area (Å²) in [6.45, 7) is 7.70. The predicted octanol–water partition coefficient (Wildman–Crippen LogP) is 2.66. The first-order valence-corrected chi connectivity index (χ1v) is 6.28. The molecule has 0 amide bonds. The Morgan fingerprint density at radius 1 is 1.33 bits per heavy atom. The summed E-state index contributed by atoms with van der Waals surface area (Å²) >= 11 is 1.88. The van der Waals surface area contributed by atoms with Crippen molar-refractivity contribution >= 4 is 11.3 Å². The van der Waals surface area contributed by atoms with Gasteiger partial charge in [-0.25, -0.2) is 0 Å². The lowest BCUT2D eigenvalue weighted by Gasteiger charge is -2.22. The third-order valence-corrected chi connectivity index (χ3v) is 3.54. The normalized spacial score (nSPS) is 15.6. The zero-order valence-electron chi connectivity index (χ0n) is 10.4. The summed E-state index contributed by atoms with van der Waals surface area (Å²) in [5.74, 6) is 0. The summed E-state index contributed by atoms with van der Waals surface area (Å²) in [5, 5.41) is 3.61. The lowest BCUT2D eigenvalue weighted by atomic mass is 10.2. The van der Waals surface area contributed by atoms with Gasteiger partial charge in [0.15, 0.2) is 0 Å². The topological polar surface area (TPSA) is 15.3 Å². The van der Waals surface area contributed by atoms with Gasteiger partial charge in [0.05, 0.1) is 0 Å². The van der Waals surface area contributed by atoms with E-state index >= 15 is 0 Å². The van der Waals surface area contributed by atoms with Gasteiger partial charge in [0, 0.05) is 28.4 Å². The lowest BCUT2D eigenvalue weighted by Crippen LogP contribution is -2.36. The first-order chi connectivity index (χ1) is 6.99. The van der Waals surface area contributed by atoms with E-state index in [1.807, 2.05) is 11.3 Å². The molecule has 0 aromatic carbocycles. The molecule has 1 heterocycles. The van der Waals surface area contributed by atoms with Crippen LogP contribution < -0.4 is 5.32 Å². The molecule has 1 rings (SSSR count). The molecule has 2 nitrogen and oxygen atoms in total. The van der Waals surface area contributed by atoms with E-state index in [2.05, 4.69) is 57.2 Å². The van der Waals surface area contributed by atoms with E-state index in [4.69, 9.17) is 0 Å². The molecule has 0 fully saturated rings. The summed E-state index contributed by atoms with van der Waals surface area (Å²) in [6.07, 6.45) is 0. The fourth-order valence-corrected chi connectivity index (χ4v) is 2.68. The fourth-order valence-electron chi connectivity index (χ4n) is 1.80. The summed E-state index contributed by atoms with van der Waals surface area (Å²) in [5.41, 5.74) is 0. The van der Waals surface area contributed by atoms with Crippen molar-refractivity contribution in [1.29, 1.82) is 0 Å². The lowest BCUT2D eigenvalue weighted by molar-refractivity contribution is 0.335. The molecule has 0 saturated carbocycles. The fraction of sp³-hybridized carbons (Fsp3) is 0.667. The molecule has 2 unspecified atom stereocenters. The second-order valence-corrected chi connectivity index (χ2v) is 5.82. The van der Waals surface area contributed by atoms with E-state index in [0.29, 0.717) is 12.1 Å². The van der Waals surface area contributed by atoms with E-state index < -0.39 is 0 Å². The van der Waals surface area contributed by atoms with Gasteiger partial charge in [-0.1, -0.05) is 0 Å². The van der Waals surface area contributed by atoms with E-state index in [9.17, 15) is 0 Å². The zero-order valence-corrected chi connectivity index (χ0v) is 11.2. The molecule has 0 aliphatic rings. The van der Waals surface area contributed by atoms with Crippen LogP contribution in [0.25, 0.3) is 0 Å². The van der Waals surface area contributed by atoms with Crippen molar-refractivity contribution in [1.82, 2.24) is 10.2 Å². The van der Waals surface area contributed by atoms with E-state index in [0.717, 1.165) is 6.54 Å². The molecule has 15 heavy (non-hydrogen) atoms. The van der Waals surface area contributed by atoms with E-state index in [-0.39, 0.29) is 0 Å². The van der Waals surface area contributed by atoms with Crippen LogP contribution in [0.4, 0.5) is 0 Å². The van der Waals surface area contributed by atoms with Crippen LogP contribution in [0, 0.1) is 6.92 Å². The van der Waals surface area contributed by atoms with Crippen LogP contribution in [0.2, 0.25) is 0 Å². The van der Waals surface area contributed by atoms with Gasteiger partial charge in [-0.15, -0.1) is 11.3 Å². The Balaban J connectivity index is 2.45. The van der Waals surface area contributed by atoms with Gasteiger partial charge in [0.25, 0.3) is 0 Å². The highest BCUT2D eigenvalue weighted by atomic mass is 32.1. The Hall–Kier alpha value is -0.380. The van der Waals surface area contributed by atoms with Gasteiger partial charge in [0.1, 0.15) is 0 Å². The molecule has 86 valence electrons. The molecule has 1 aromatic rings. The van der Waals surface area contributed by atoms with Crippen molar-refractivity contribution in [3.05, 3.63) is 21.9 Å². The largest absolute Gasteiger partial charge is 0.308 e. The molecule has 0 bridgehead atoms. The predicted molar refractivity (Wildman–Crippen MR) is 68.6 cm³/mol. The smallest absolute Gasteiger partial charge is 0.0388 e. The highest BCUT2D eigenvalue weighted by Crippen LogP contribution is 2.22. The number of likely N-dealkylation sites (N-methyl/N-ethyl adjacent to an activating group) is 1. The number of thiophene rings is 1. The highest BCUT2D eigenvalue weighted by Gasteiger charge is 2.11. The molecule has 2 atom stereocenters. The molecule has 3 heteroatoms. The third kappa shape index (κ3) is 4.33. The monoisotopic (exact) mass is 226 g/mol. The van der Waals surface area contributed by atoms with Crippen LogP contribution in [-0.2, 0) is 0 Å². The van der Waals surface area contributed by atoms with Gasteiger partial charge >= 0.3 is 0 Å². The van der Waals surface area contributed by atoms with Gasteiger partial charge < -0.3 is 10.2 Å². The van der Waals surface area contributed by atoms with Gasteiger partial charge in [-0.05, 0) is 47.0 Å². The molecule has 0 radical (unpaired) electrons. The third-order valence-electron chi connectivity index (χ3n) is 2.36. The quantitative estimate of drug-likeness (QED) is 0.830. The molecular weight excluding hydrogens is 204 g/mol. The van der Waals surface area contributed by atoms with Crippen molar-refractivity contribution in [3.63, 3.8) is 0 Å². The zero-order chi connectivity index (χ0) is 11.4. The minimum Gasteiger partial charge on any atom is -0.308 e.